The van der Waals surface area contributed by atoms with E-state index in [0.717, 1.165) is 32.2 Å². The summed E-state index contributed by atoms with van der Waals surface area (Å²) >= 11 is 0. The quantitative estimate of drug-likeness (QED) is 0.531. The van der Waals surface area contributed by atoms with Crippen LogP contribution in [0.25, 0.3) is 0 Å². The van der Waals surface area contributed by atoms with Gasteiger partial charge in [0.1, 0.15) is 0 Å². The van der Waals surface area contributed by atoms with Gasteiger partial charge in [-0.2, -0.15) is 0 Å². The highest BCUT2D eigenvalue weighted by atomic mass is 16.7. The minimum atomic E-state index is -0.303. The van der Waals surface area contributed by atoms with E-state index < -0.39 is 0 Å². The number of hydrogen-bond donors (Lipinski definition) is 0. The highest BCUT2D eigenvalue weighted by Gasteiger charge is 2.24. The first-order valence-electron chi connectivity index (χ1n) is 6.16. The molecule has 1 rings (SSSR count). The van der Waals surface area contributed by atoms with Crippen LogP contribution in [0.5, 0.6) is 0 Å². The van der Waals surface area contributed by atoms with Crippen LogP contribution in [0.3, 0.4) is 0 Å². The van der Waals surface area contributed by atoms with Crippen LogP contribution < -0.4 is 0 Å². The molecule has 1 aliphatic heterocycles. The average Bonchev–Trinajstić information content (AvgIpc) is 2.17. The number of carbonyl (C=O) groups is 1. The van der Waals surface area contributed by atoms with Crippen molar-refractivity contribution in [2.24, 2.45) is 0 Å². The first-order chi connectivity index (χ1) is 7.53. The standard InChI is InChI=1S/C12H24NO3/c1-4-8-13(2,3)10-11(14)16-12-7-5-6-9-15-12/h12H,4-10H2,1-3H3/q+1. The Labute approximate surface area is 98.1 Å². The lowest BCUT2D eigenvalue weighted by atomic mass is 10.2. The van der Waals surface area contributed by atoms with Crippen molar-refractivity contribution >= 4 is 5.97 Å². The Morgan fingerprint density at radius 3 is 2.75 bits per heavy atom. The molecule has 0 N–H and O–H groups in total. The molecular weight excluding hydrogens is 206 g/mol. The highest BCUT2D eigenvalue weighted by Crippen LogP contribution is 2.14. The van der Waals surface area contributed by atoms with Gasteiger partial charge in [0.15, 0.2) is 6.54 Å². The Morgan fingerprint density at radius 2 is 2.19 bits per heavy atom. The van der Waals surface area contributed by atoms with Crippen LogP contribution in [0.15, 0.2) is 0 Å². The van der Waals surface area contributed by atoms with Gasteiger partial charge < -0.3 is 14.0 Å². The van der Waals surface area contributed by atoms with Gasteiger partial charge in [-0.15, -0.1) is 0 Å². The summed E-state index contributed by atoms with van der Waals surface area (Å²) in [5.74, 6) is -0.148. The fourth-order valence-electron chi connectivity index (χ4n) is 2.02. The van der Waals surface area contributed by atoms with E-state index in [-0.39, 0.29) is 12.3 Å². The molecule has 0 radical (unpaired) electrons. The van der Waals surface area contributed by atoms with Gasteiger partial charge in [-0.1, -0.05) is 6.92 Å². The summed E-state index contributed by atoms with van der Waals surface area (Å²) in [5.41, 5.74) is 0. The van der Waals surface area contributed by atoms with Gasteiger partial charge in [0, 0.05) is 6.42 Å². The molecule has 1 unspecified atom stereocenters. The third-order valence-electron chi connectivity index (χ3n) is 2.79. The lowest BCUT2D eigenvalue weighted by Crippen LogP contribution is -2.45. The first kappa shape index (κ1) is 13.5. The summed E-state index contributed by atoms with van der Waals surface area (Å²) in [7, 11) is 4.10. The average molecular weight is 230 g/mol. The van der Waals surface area contributed by atoms with Crippen molar-refractivity contribution in [2.75, 3.05) is 33.8 Å². The summed E-state index contributed by atoms with van der Waals surface area (Å²) in [4.78, 5) is 11.7. The van der Waals surface area contributed by atoms with E-state index in [1.54, 1.807) is 0 Å². The first-order valence-corrected chi connectivity index (χ1v) is 6.16. The summed E-state index contributed by atoms with van der Waals surface area (Å²) < 4.78 is 11.4. The predicted octanol–water partition coefficient (Wildman–Crippen LogP) is 1.54. The topological polar surface area (TPSA) is 35.5 Å². The minimum absolute atomic E-state index is 0.148. The smallest absolute Gasteiger partial charge is 0.364 e. The van der Waals surface area contributed by atoms with E-state index >= 15 is 0 Å². The molecule has 1 heterocycles. The van der Waals surface area contributed by atoms with E-state index in [2.05, 4.69) is 6.92 Å². The second-order valence-electron chi connectivity index (χ2n) is 5.10. The van der Waals surface area contributed by atoms with E-state index in [1.807, 2.05) is 14.1 Å². The number of nitrogens with zero attached hydrogens (tertiary/aromatic N) is 1. The molecule has 1 aliphatic rings. The molecule has 1 saturated heterocycles. The van der Waals surface area contributed by atoms with Gasteiger partial charge in [0.05, 0.1) is 27.2 Å². The van der Waals surface area contributed by atoms with Crippen LogP contribution in [-0.4, -0.2) is 50.5 Å². The second-order valence-corrected chi connectivity index (χ2v) is 5.10. The molecule has 1 fully saturated rings. The van der Waals surface area contributed by atoms with Crippen molar-refractivity contribution in [3.8, 4) is 0 Å². The van der Waals surface area contributed by atoms with Crippen molar-refractivity contribution in [3.05, 3.63) is 0 Å². The summed E-state index contributed by atoms with van der Waals surface area (Å²) in [6.07, 6.45) is 3.77. The molecule has 94 valence electrons. The SMILES string of the molecule is CCC[N+](C)(C)CC(=O)OC1CCCCO1. The number of ether oxygens (including phenoxy) is 2. The molecular formula is C12H24NO3+. The third-order valence-corrected chi connectivity index (χ3v) is 2.79. The van der Waals surface area contributed by atoms with Gasteiger partial charge in [0.2, 0.25) is 6.29 Å². The molecule has 0 aromatic rings. The van der Waals surface area contributed by atoms with Crippen molar-refractivity contribution in [1.29, 1.82) is 0 Å². The van der Waals surface area contributed by atoms with E-state index in [9.17, 15) is 4.79 Å². The molecule has 4 nitrogen and oxygen atoms in total. The van der Waals surface area contributed by atoms with Crippen LogP contribution in [-0.2, 0) is 14.3 Å². The fraction of sp³-hybridized carbons (Fsp3) is 0.917. The van der Waals surface area contributed by atoms with Crippen LogP contribution in [0.4, 0.5) is 0 Å². The molecule has 0 aromatic heterocycles. The summed E-state index contributed by atoms with van der Waals surface area (Å²) in [6, 6.07) is 0. The predicted molar refractivity (Wildman–Crippen MR) is 61.8 cm³/mol. The Kier molecular flexibility index (Phi) is 5.22. The summed E-state index contributed by atoms with van der Waals surface area (Å²) in [6.45, 7) is 4.25. The van der Waals surface area contributed by atoms with Crippen LogP contribution in [0.1, 0.15) is 32.6 Å². The molecule has 0 aliphatic carbocycles. The third kappa shape index (κ3) is 4.94. The maximum absolute atomic E-state index is 11.7. The highest BCUT2D eigenvalue weighted by molar-refractivity contribution is 5.70. The molecule has 0 amide bonds. The second kappa shape index (κ2) is 6.21. The van der Waals surface area contributed by atoms with E-state index in [0.29, 0.717) is 17.6 Å². The van der Waals surface area contributed by atoms with E-state index in [1.165, 1.54) is 0 Å². The maximum Gasteiger partial charge on any atom is 0.364 e. The van der Waals surface area contributed by atoms with Crippen molar-refractivity contribution in [1.82, 2.24) is 0 Å². The number of likely N-dealkylation sites (N-methyl/N-ethyl adjacent to an activating group) is 1. The number of esters is 1. The normalized spacial score (nSPS) is 21.8. The van der Waals surface area contributed by atoms with Crippen molar-refractivity contribution < 1.29 is 18.8 Å². The van der Waals surface area contributed by atoms with E-state index in [4.69, 9.17) is 9.47 Å². The van der Waals surface area contributed by atoms with Gasteiger partial charge in [-0.05, 0) is 19.3 Å². The molecule has 16 heavy (non-hydrogen) atoms. The lowest BCUT2D eigenvalue weighted by molar-refractivity contribution is -0.883. The van der Waals surface area contributed by atoms with Gasteiger partial charge in [-0.25, -0.2) is 4.79 Å². The number of carbonyl (C=O) groups excluding carboxylic acids is 1. The zero-order chi connectivity index (χ0) is 12.0. The Hall–Kier alpha value is -0.610. The molecule has 0 saturated carbocycles. The zero-order valence-corrected chi connectivity index (χ0v) is 10.7. The fourth-order valence-corrected chi connectivity index (χ4v) is 2.02. The van der Waals surface area contributed by atoms with Gasteiger partial charge >= 0.3 is 5.97 Å². The maximum atomic E-state index is 11.7. The van der Waals surface area contributed by atoms with Crippen LogP contribution >= 0.6 is 0 Å². The number of rotatable bonds is 5. The lowest BCUT2D eigenvalue weighted by Gasteiger charge is -2.29. The Bertz CT molecular complexity index is 222. The minimum Gasteiger partial charge on any atom is -0.432 e. The molecule has 0 bridgehead atoms. The van der Waals surface area contributed by atoms with Crippen molar-refractivity contribution in [3.63, 3.8) is 0 Å². The zero-order valence-electron chi connectivity index (χ0n) is 10.7. The monoisotopic (exact) mass is 230 g/mol. The molecule has 0 spiro atoms. The summed E-state index contributed by atoms with van der Waals surface area (Å²) in [5, 5.41) is 0. The van der Waals surface area contributed by atoms with Crippen LogP contribution in [0, 0.1) is 0 Å². The van der Waals surface area contributed by atoms with Gasteiger partial charge in [-0.3, -0.25) is 0 Å². The number of quaternary nitrogens is 1. The largest absolute Gasteiger partial charge is 0.432 e. The Morgan fingerprint density at radius 1 is 1.44 bits per heavy atom. The Balaban J connectivity index is 2.28. The molecule has 1 atom stereocenters. The molecule has 0 aromatic carbocycles. The van der Waals surface area contributed by atoms with Crippen LogP contribution in [0.2, 0.25) is 0 Å². The molecule has 4 heteroatoms. The van der Waals surface area contributed by atoms with Crippen molar-refractivity contribution in [2.45, 2.75) is 38.9 Å². The number of hydrogen-bond acceptors (Lipinski definition) is 3. The van der Waals surface area contributed by atoms with Gasteiger partial charge in [0.25, 0.3) is 0 Å².